The number of hydrogen-bond acceptors (Lipinski definition) is 3. The van der Waals surface area contributed by atoms with Gasteiger partial charge in [0.2, 0.25) is 0 Å². The van der Waals surface area contributed by atoms with E-state index >= 15 is 0 Å². The molecule has 1 saturated heterocycles. The lowest BCUT2D eigenvalue weighted by molar-refractivity contribution is -0.138. The van der Waals surface area contributed by atoms with Crippen LogP contribution < -0.4 is 5.73 Å². The summed E-state index contributed by atoms with van der Waals surface area (Å²) in [6, 6.07) is 0.477. The second-order valence-electron chi connectivity index (χ2n) is 2.27. The Labute approximate surface area is 49.4 Å². The zero-order chi connectivity index (χ0) is 6.15. The zero-order valence-corrected chi connectivity index (χ0v) is 5.29. The first-order valence-corrected chi connectivity index (χ1v) is 2.85. The van der Waals surface area contributed by atoms with E-state index < -0.39 is 0 Å². The van der Waals surface area contributed by atoms with E-state index in [0.29, 0.717) is 6.04 Å². The molecule has 0 saturated carbocycles. The predicted octanol–water partition coefficient (Wildman–Crippen LogP) is -0.0732. The highest BCUT2D eigenvalue weighted by molar-refractivity contribution is 4.66. The summed E-state index contributed by atoms with van der Waals surface area (Å²) in [5, 5.41) is 1.80. The summed E-state index contributed by atoms with van der Waals surface area (Å²) in [5.41, 5.74) is 5.45. The Morgan fingerprint density at radius 3 is 2.50 bits per heavy atom. The van der Waals surface area contributed by atoms with Gasteiger partial charge in [-0.15, -0.1) is 0 Å². The van der Waals surface area contributed by atoms with Crippen molar-refractivity contribution in [3.63, 3.8) is 0 Å². The van der Waals surface area contributed by atoms with Crippen molar-refractivity contribution in [1.29, 1.82) is 0 Å². The van der Waals surface area contributed by atoms with Crippen LogP contribution in [-0.2, 0) is 4.84 Å². The molecule has 0 aliphatic carbocycles. The van der Waals surface area contributed by atoms with Gasteiger partial charge in [-0.2, -0.15) is 5.06 Å². The van der Waals surface area contributed by atoms with E-state index in [0.717, 1.165) is 6.42 Å². The molecule has 1 fully saturated rings. The third-order valence-corrected chi connectivity index (χ3v) is 1.50. The standard InChI is InChI=1S/C5H12N2O/c1-4-3-5(6)8-7(4)2/h4-5H,3,6H2,1-2H3. The fourth-order valence-corrected chi connectivity index (χ4v) is 0.845. The molecule has 0 spiro atoms. The van der Waals surface area contributed by atoms with E-state index in [1.165, 1.54) is 0 Å². The van der Waals surface area contributed by atoms with Gasteiger partial charge in [0.05, 0.1) is 0 Å². The molecular weight excluding hydrogens is 104 g/mol. The Kier molecular flexibility index (Phi) is 1.51. The van der Waals surface area contributed by atoms with Crippen molar-refractivity contribution in [3.8, 4) is 0 Å². The first kappa shape index (κ1) is 6.01. The Morgan fingerprint density at radius 1 is 1.75 bits per heavy atom. The van der Waals surface area contributed by atoms with Gasteiger partial charge in [-0.05, 0) is 6.92 Å². The summed E-state index contributed by atoms with van der Waals surface area (Å²) in [7, 11) is 1.90. The van der Waals surface area contributed by atoms with Crippen LogP contribution in [0, 0.1) is 0 Å². The first-order chi connectivity index (χ1) is 3.70. The van der Waals surface area contributed by atoms with Crippen LogP contribution >= 0.6 is 0 Å². The summed E-state index contributed by atoms with van der Waals surface area (Å²) in [6.45, 7) is 2.09. The van der Waals surface area contributed by atoms with Gasteiger partial charge in [0.1, 0.15) is 6.23 Å². The largest absolute Gasteiger partial charge is 0.304 e. The van der Waals surface area contributed by atoms with Gasteiger partial charge in [-0.25, -0.2) is 0 Å². The van der Waals surface area contributed by atoms with Crippen LogP contribution in [0.3, 0.4) is 0 Å². The summed E-state index contributed by atoms with van der Waals surface area (Å²) < 4.78 is 0. The molecule has 0 aromatic carbocycles. The molecule has 0 aromatic rings. The minimum atomic E-state index is -0.0741. The van der Waals surface area contributed by atoms with Crippen LogP contribution in [-0.4, -0.2) is 24.4 Å². The summed E-state index contributed by atoms with van der Waals surface area (Å²) in [6.07, 6.45) is 0.867. The molecule has 0 amide bonds. The van der Waals surface area contributed by atoms with Gasteiger partial charge >= 0.3 is 0 Å². The molecule has 2 atom stereocenters. The average molecular weight is 116 g/mol. The number of nitrogens with two attached hydrogens (primary N) is 1. The summed E-state index contributed by atoms with van der Waals surface area (Å²) in [4.78, 5) is 5.08. The first-order valence-electron chi connectivity index (χ1n) is 2.85. The second-order valence-corrected chi connectivity index (χ2v) is 2.27. The molecule has 3 nitrogen and oxygen atoms in total. The molecule has 0 bridgehead atoms. The van der Waals surface area contributed by atoms with Crippen molar-refractivity contribution < 1.29 is 4.84 Å². The maximum absolute atomic E-state index is 5.45. The molecule has 0 radical (unpaired) electrons. The third kappa shape index (κ3) is 0.992. The van der Waals surface area contributed by atoms with Gasteiger partial charge in [0.25, 0.3) is 0 Å². The number of nitrogens with zero attached hydrogens (tertiary/aromatic N) is 1. The maximum atomic E-state index is 5.45. The lowest BCUT2D eigenvalue weighted by atomic mass is 10.2. The molecule has 0 aromatic heterocycles. The fourth-order valence-electron chi connectivity index (χ4n) is 0.845. The van der Waals surface area contributed by atoms with Crippen LogP contribution in [0.5, 0.6) is 0 Å². The van der Waals surface area contributed by atoms with Crippen LogP contribution in [0.2, 0.25) is 0 Å². The van der Waals surface area contributed by atoms with E-state index in [1.807, 2.05) is 7.05 Å². The zero-order valence-electron chi connectivity index (χ0n) is 5.29. The highest BCUT2D eigenvalue weighted by atomic mass is 16.7. The fraction of sp³-hybridized carbons (Fsp3) is 1.00. The Morgan fingerprint density at radius 2 is 2.38 bits per heavy atom. The molecule has 3 heteroatoms. The lowest BCUT2D eigenvalue weighted by Gasteiger charge is -2.10. The van der Waals surface area contributed by atoms with Gasteiger partial charge < -0.3 is 5.73 Å². The van der Waals surface area contributed by atoms with Crippen molar-refractivity contribution in [2.75, 3.05) is 7.05 Å². The monoisotopic (exact) mass is 116 g/mol. The van der Waals surface area contributed by atoms with Crippen molar-refractivity contribution in [2.24, 2.45) is 5.73 Å². The Hall–Kier alpha value is -0.120. The number of rotatable bonds is 0. The molecular formula is C5H12N2O. The molecule has 2 unspecified atom stereocenters. The van der Waals surface area contributed by atoms with Crippen LogP contribution in [0.15, 0.2) is 0 Å². The molecule has 48 valence electrons. The topological polar surface area (TPSA) is 38.5 Å². The Bertz CT molecular complexity index is 76.5. The van der Waals surface area contributed by atoms with E-state index in [9.17, 15) is 0 Å². The molecule has 8 heavy (non-hydrogen) atoms. The molecule has 1 aliphatic rings. The van der Waals surface area contributed by atoms with E-state index in [-0.39, 0.29) is 6.23 Å². The predicted molar refractivity (Wildman–Crippen MR) is 30.9 cm³/mol. The van der Waals surface area contributed by atoms with Crippen molar-refractivity contribution in [2.45, 2.75) is 25.6 Å². The van der Waals surface area contributed by atoms with Gasteiger partial charge in [-0.1, -0.05) is 0 Å². The number of hydrogen-bond donors (Lipinski definition) is 1. The molecule has 1 heterocycles. The molecule has 2 N–H and O–H groups in total. The SMILES string of the molecule is CC1CC(N)ON1C. The van der Waals surface area contributed by atoms with E-state index in [4.69, 9.17) is 10.6 Å². The van der Waals surface area contributed by atoms with Gasteiger partial charge in [-0.3, -0.25) is 4.84 Å². The maximum Gasteiger partial charge on any atom is 0.129 e. The van der Waals surface area contributed by atoms with Crippen molar-refractivity contribution in [3.05, 3.63) is 0 Å². The minimum Gasteiger partial charge on any atom is -0.304 e. The Balaban J connectivity index is 2.39. The highest BCUT2D eigenvalue weighted by Gasteiger charge is 2.23. The van der Waals surface area contributed by atoms with Crippen LogP contribution in [0.4, 0.5) is 0 Å². The van der Waals surface area contributed by atoms with Crippen molar-refractivity contribution in [1.82, 2.24) is 5.06 Å². The molecule has 1 aliphatic heterocycles. The minimum absolute atomic E-state index is 0.0741. The van der Waals surface area contributed by atoms with Gasteiger partial charge in [0, 0.05) is 19.5 Å². The normalized spacial score (nSPS) is 40.9. The summed E-state index contributed by atoms with van der Waals surface area (Å²) >= 11 is 0. The lowest BCUT2D eigenvalue weighted by Crippen LogP contribution is -2.22. The summed E-state index contributed by atoms with van der Waals surface area (Å²) in [5.74, 6) is 0. The van der Waals surface area contributed by atoms with Crippen LogP contribution in [0.1, 0.15) is 13.3 Å². The van der Waals surface area contributed by atoms with Gasteiger partial charge in [0.15, 0.2) is 0 Å². The average Bonchev–Trinajstić information content (AvgIpc) is 1.85. The van der Waals surface area contributed by atoms with E-state index in [1.54, 1.807) is 5.06 Å². The van der Waals surface area contributed by atoms with Crippen LogP contribution in [0.25, 0.3) is 0 Å². The second kappa shape index (κ2) is 2.01. The smallest absolute Gasteiger partial charge is 0.129 e. The van der Waals surface area contributed by atoms with Crippen molar-refractivity contribution >= 4 is 0 Å². The highest BCUT2D eigenvalue weighted by Crippen LogP contribution is 2.13. The number of hydroxylamine groups is 2. The quantitative estimate of drug-likeness (QED) is 0.481. The third-order valence-electron chi connectivity index (χ3n) is 1.50. The van der Waals surface area contributed by atoms with E-state index in [2.05, 4.69) is 6.92 Å². The molecule has 1 rings (SSSR count).